The van der Waals surface area contributed by atoms with E-state index in [4.69, 9.17) is 14.2 Å². The number of carbonyl (C=O) groups is 1. The minimum Gasteiger partial charge on any atom is -0.496 e. The number of ether oxygens (including phenoxy) is 3. The predicted octanol–water partition coefficient (Wildman–Crippen LogP) is 3.70. The molecule has 0 amide bonds. The number of hydrogen-bond donors (Lipinski definition) is 1. The standard InChI is InChI=1S/C19H31NO4/c1-13(2)10-16(21)19-17(23-6)11-15(22-5)12-18(19)24-9-7-8-20-14(3)4/h11-14,20H,7-10H2,1-6H3. The van der Waals surface area contributed by atoms with Gasteiger partial charge < -0.3 is 19.5 Å². The molecule has 0 aromatic heterocycles. The van der Waals surface area contributed by atoms with Crippen molar-refractivity contribution in [3.05, 3.63) is 17.7 Å². The van der Waals surface area contributed by atoms with Crippen LogP contribution in [0.1, 0.15) is 50.9 Å². The molecule has 0 fully saturated rings. The van der Waals surface area contributed by atoms with Crippen LogP contribution in [-0.4, -0.2) is 39.2 Å². The maximum absolute atomic E-state index is 12.6. The summed E-state index contributed by atoms with van der Waals surface area (Å²) in [6.07, 6.45) is 1.31. The molecule has 136 valence electrons. The van der Waals surface area contributed by atoms with Crippen LogP contribution in [0.5, 0.6) is 17.2 Å². The third-order valence-corrected chi connectivity index (χ3v) is 3.50. The minimum absolute atomic E-state index is 0.0276. The summed E-state index contributed by atoms with van der Waals surface area (Å²) in [7, 11) is 3.14. The van der Waals surface area contributed by atoms with Crippen LogP contribution in [-0.2, 0) is 0 Å². The molecule has 1 N–H and O–H groups in total. The van der Waals surface area contributed by atoms with E-state index in [0.717, 1.165) is 13.0 Å². The maximum Gasteiger partial charge on any atom is 0.170 e. The van der Waals surface area contributed by atoms with Crippen molar-refractivity contribution in [1.29, 1.82) is 0 Å². The van der Waals surface area contributed by atoms with E-state index in [1.165, 1.54) is 0 Å². The lowest BCUT2D eigenvalue weighted by Crippen LogP contribution is -2.24. The molecule has 0 aliphatic carbocycles. The summed E-state index contributed by atoms with van der Waals surface area (Å²) in [5.74, 6) is 1.94. The highest BCUT2D eigenvalue weighted by Gasteiger charge is 2.21. The van der Waals surface area contributed by atoms with Gasteiger partial charge in [-0.15, -0.1) is 0 Å². The second kappa shape index (κ2) is 10.2. The molecule has 0 unspecified atom stereocenters. The van der Waals surface area contributed by atoms with Crippen molar-refractivity contribution < 1.29 is 19.0 Å². The van der Waals surface area contributed by atoms with Crippen molar-refractivity contribution in [2.24, 2.45) is 5.92 Å². The number of carbonyl (C=O) groups excluding carboxylic acids is 1. The molecule has 5 nitrogen and oxygen atoms in total. The quantitative estimate of drug-likeness (QED) is 0.493. The van der Waals surface area contributed by atoms with Crippen molar-refractivity contribution in [3.63, 3.8) is 0 Å². The number of nitrogens with one attached hydrogen (secondary N) is 1. The maximum atomic E-state index is 12.6. The summed E-state index contributed by atoms with van der Waals surface area (Å²) < 4.78 is 16.6. The van der Waals surface area contributed by atoms with Crippen LogP contribution in [0.15, 0.2) is 12.1 Å². The Morgan fingerprint density at radius 2 is 1.75 bits per heavy atom. The van der Waals surface area contributed by atoms with Gasteiger partial charge in [-0.2, -0.15) is 0 Å². The van der Waals surface area contributed by atoms with Crippen LogP contribution in [0, 0.1) is 5.92 Å². The first-order chi connectivity index (χ1) is 11.4. The zero-order valence-corrected chi connectivity index (χ0v) is 15.8. The van der Waals surface area contributed by atoms with Gasteiger partial charge in [-0.25, -0.2) is 0 Å². The van der Waals surface area contributed by atoms with Crippen LogP contribution in [0.3, 0.4) is 0 Å². The Kier molecular flexibility index (Phi) is 8.61. The molecule has 0 saturated carbocycles. The van der Waals surface area contributed by atoms with Crippen molar-refractivity contribution in [2.45, 2.75) is 46.6 Å². The lowest BCUT2D eigenvalue weighted by Gasteiger charge is -2.17. The summed E-state index contributed by atoms with van der Waals surface area (Å²) in [6.45, 7) is 9.65. The van der Waals surface area contributed by atoms with Gasteiger partial charge in [0.05, 0.1) is 20.8 Å². The number of rotatable bonds is 11. The Bertz CT molecular complexity index is 526. The van der Waals surface area contributed by atoms with E-state index in [0.29, 0.717) is 41.9 Å². The third kappa shape index (κ3) is 6.40. The second-order valence-corrected chi connectivity index (χ2v) is 6.53. The number of ketones is 1. The largest absolute Gasteiger partial charge is 0.496 e. The van der Waals surface area contributed by atoms with Crippen molar-refractivity contribution in [2.75, 3.05) is 27.4 Å². The minimum atomic E-state index is 0.0276. The summed E-state index contributed by atoms with van der Waals surface area (Å²) in [5.41, 5.74) is 0.504. The Morgan fingerprint density at radius 1 is 1.08 bits per heavy atom. The number of Topliss-reactive ketones (excluding diaryl/α,β-unsaturated/α-hetero) is 1. The van der Waals surface area contributed by atoms with Gasteiger partial charge in [0.1, 0.15) is 22.8 Å². The summed E-state index contributed by atoms with van der Waals surface area (Å²) in [4.78, 5) is 12.6. The molecule has 5 heteroatoms. The van der Waals surface area contributed by atoms with Crippen LogP contribution in [0.2, 0.25) is 0 Å². The van der Waals surface area contributed by atoms with Gasteiger partial charge in [-0.3, -0.25) is 4.79 Å². The molecule has 0 aliphatic heterocycles. The molecule has 1 rings (SSSR count). The van der Waals surface area contributed by atoms with Crippen molar-refractivity contribution in [3.8, 4) is 17.2 Å². The van der Waals surface area contributed by atoms with E-state index in [1.54, 1.807) is 26.4 Å². The fourth-order valence-electron chi connectivity index (χ4n) is 2.35. The molecule has 24 heavy (non-hydrogen) atoms. The van der Waals surface area contributed by atoms with Crippen LogP contribution in [0.4, 0.5) is 0 Å². The first-order valence-corrected chi connectivity index (χ1v) is 8.54. The molecule has 1 aromatic carbocycles. The van der Waals surface area contributed by atoms with Crippen LogP contribution < -0.4 is 19.5 Å². The van der Waals surface area contributed by atoms with E-state index in [-0.39, 0.29) is 11.7 Å². The number of benzene rings is 1. The summed E-state index contributed by atoms with van der Waals surface area (Å²) >= 11 is 0. The molecule has 0 saturated heterocycles. The van der Waals surface area contributed by atoms with Crippen molar-refractivity contribution in [1.82, 2.24) is 5.32 Å². The van der Waals surface area contributed by atoms with Gasteiger partial charge in [0.2, 0.25) is 0 Å². The SMILES string of the molecule is COc1cc(OC)c(C(=O)CC(C)C)c(OCCCNC(C)C)c1. The predicted molar refractivity (Wildman–Crippen MR) is 96.6 cm³/mol. The molecule has 0 heterocycles. The Labute approximate surface area is 145 Å². The second-order valence-electron chi connectivity index (χ2n) is 6.53. The zero-order valence-electron chi connectivity index (χ0n) is 15.8. The molecule has 0 bridgehead atoms. The molecular weight excluding hydrogens is 306 g/mol. The Balaban J connectivity index is 2.94. The lowest BCUT2D eigenvalue weighted by molar-refractivity contribution is 0.0960. The van der Waals surface area contributed by atoms with Gasteiger partial charge >= 0.3 is 0 Å². The van der Waals surface area contributed by atoms with Gasteiger partial charge in [0.25, 0.3) is 0 Å². The van der Waals surface area contributed by atoms with E-state index in [1.807, 2.05) is 13.8 Å². The molecule has 0 atom stereocenters. The first kappa shape index (κ1) is 20.3. The average molecular weight is 337 g/mol. The van der Waals surface area contributed by atoms with Gasteiger partial charge in [-0.1, -0.05) is 27.7 Å². The van der Waals surface area contributed by atoms with E-state index >= 15 is 0 Å². The number of methoxy groups -OCH3 is 2. The summed E-state index contributed by atoms with van der Waals surface area (Å²) in [5, 5.41) is 3.34. The molecule has 0 spiro atoms. The van der Waals surface area contributed by atoms with Gasteiger partial charge in [-0.05, 0) is 18.9 Å². The lowest BCUT2D eigenvalue weighted by atomic mass is 9.99. The topological polar surface area (TPSA) is 56.8 Å². The molecule has 0 radical (unpaired) electrons. The smallest absolute Gasteiger partial charge is 0.170 e. The highest BCUT2D eigenvalue weighted by molar-refractivity contribution is 6.01. The molecule has 0 aliphatic rings. The Hall–Kier alpha value is -1.75. The molecular formula is C19H31NO4. The van der Waals surface area contributed by atoms with E-state index < -0.39 is 0 Å². The average Bonchev–Trinajstić information content (AvgIpc) is 2.52. The number of hydrogen-bond acceptors (Lipinski definition) is 5. The monoisotopic (exact) mass is 337 g/mol. The van der Waals surface area contributed by atoms with Crippen molar-refractivity contribution >= 4 is 5.78 Å². The Morgan fingerprint density at radius 3 is 2.29 bits per heavy atom. The van der Waals surface area contributed by atoms with Crippen LogP contribution >= 0.6 is 0 Å². The third-order valence-electron chi connectivity index (χ3n) is 3.50. The fraction of sp³-hybridized carbons (Fsp3) is 0.632. The highest BCUT2D eigenvalue weighted by Crippen LogP contribution is 2.35. The van der Waals surface area contributed by atoms with Crippen LogP contribution in [0.25, 0.3) is 0 Å². The zero-order chi connectivity index (χ0) is 18.1. The fourth-order valence-corrected chi connectivity index (χ4v) is 2.35. The highest BCUT2D eigenvalue weighted by atomic mass is 16.5. The van der Waals surface area contributed by atoms with E-state index in [2.05, 4.69) is 19.2 Å². The summed E-state index contributed by atoms with van der Waals surface area (Å²) in [6, 6.07) is 3.93. The van der Waals surface area contributed by atoms with E-state index in [9.17, 15) is 4.79 Å². The van der Waals surface area contributed by atoms with Gasteiger partial charge in [0.15, 0.2) is 5.78 Å². The van der Waals surface area contributed by atoms with Gasteiger partial charge in [0, 0.05) is 24.6 Å². The normalized spacial score (nSPS) is 11.0. The molecule has 1 aromatic rings. The first-order valence-electron chi connectivity index (χ1n) is 8.54.